The van der Waals surface area contributed by atoms with Crippen molar-refractivity contribution in [1.29, 1.82) is 0 Å². The summed E-state index contributed by atoms with van der Waals surface area (Å²) in [6, 6.07) is 0. The maximum Gasteiger partial charge on any atom is 0.305 e. The van der Waals surface area contributed by atoms with Gasteiger partial charge in [0.2, 0.25) is 0 Å². The fourth-order valence-corrected chi connectivity index (χ4v) is 4.22. The van der Waals surface area contributed by atoms with Crippen LogP contribution in [0.15, 0.2) is 0 Å². The normalized spacial score (nSPS) is 11.3. The van der Waals surface area contributed by atoms with Gasteiger partial charge < -0.3 is 28.4 Å². The second-order valence-electron chi connectivity index (χ2n) is 10.3. The molecule has 7 heteroatoms. The monoisotopic (exact) mass is 560 g/mol. The first kappa shape index (κ1) is 38.3. The summed E-state index contributed by atoms with van der Waals surface area (Å²) < 4.78 is 32.5. The average molecular weight is 561 g/mol. The van der Waals surface area contributed by atoms with E-state index in [0.29, 0.717) is 72.5 Å². The second kappa shape index (κ2) is 35.3. The molecular weight excluding hydrogens is 496 g/mol. The minimum Gasteiger partial charge on any atom is -0.463 e. The van der Waals surface area contributed by atoms with E-state index in [-0.39, 0.29) is 5.97 Å². The van der Waals surface area contributed by atoms with E-state index in [1.807, 2.05) is 6.92 Å². The van der Waals surface area contributed by atoms with Gasteiger partial charge >= 0.3 is 5.97 Å². The Balaban J connectivity index is 3.04. The molecule has 0 aliphatic rings. The average Bonchev–Trinajstić information content (AvgIpc) is 2.94. The van der Waals surface area contributed by atoms with Gasteiger partial charge in [0.05, 0.1) is 59.5 Å². The summed E-state index contributed by atoms with van der Waals surface area (Å²) in [6.07, 6.45) is 23.5. The van der Waals surface area contributed by atoms with Gasteiger partial charge in [-0.25, -0.2) is 0 Å². The fourth-order valence-electron chi connectivity index (χ4n) is 4.22. The summed E-state index contributed by atoms with van der Waals surface area (Å²) in [7, 11) is 0. The molecule has 0 heterocycles. The van der Waals surface area contributed by atoms with Crippen LogP contribution in [-0.4, -0.2) is 78.6 Å². The highest BCUT2D eigenvalue weighted by Gasteiger charge is 2.00. The van der Waals surface area contributed by atoms with E-state index >= 15 is 0 Å². The van der Waals surface area contributed by atoms with Crippen LogP contribution in [0.3, 0.4) is 0 Å². The first-order valence-corrected chi connectivity index (χ1v) is 16.4. The molecule has 0 atom stereocenters. The Morgan fingerprint density at radius 2 is 0.667 bits per heavy atom. The van der Waals surface area contributed by atoms with Crippen molar-refractivity contribution in [3.63, 3.8) is 0 Å². The third kappa shape index (κ3) is 35.2. The minimum absolute atomic E-state index is 0.170. The maximum atomic E-state index is 11.2. The molecule has 0 rings (SSSR count). The molecule has 0 N–H and O–H groups in total. The zero-order valence-corrected chi connectivity index (χ0v) is 25.9. The van der Waals surface area contributed by atoms with E-state index in [0.717, 1.165) is 19.4 Å². The third-order valence-electron chi connectivity index (χ3n) is 6.58. The number of hydrogen-bond donors (Lipinski definition) is 0. The van der Waals surface area contributed by atoms with E-state index < -0.39 is 0 Å². The number of rotatable bonds is 34. The van der Waals surface area contributed by atoms with Crippen LogP contribution >= 0.6 is 0 Å². The largest absolute Gasteiger partial charge is 0.463 e. The van der Waals surface area contributed by atoms with Gasteiger partial charge in [0.25, 0.3) is 0 Å². The molecule has 0 spiro atoms. The molecule has 234 valence electrons. The van der Waals surface area contributed by atoms with E-state index in [9.17, 15) is 4.79 Å². The summed E-state index contributed by atoms with van der Waals surface area (Å²) in [5, 5.41) is 0. The molecule has 0 aromatic heterocycles. The van der Waals surface area contributed by atoms with Crippen molar-refractivity contribution in [1.82, 2.24) is 0 Å². The number of hydrogen-bond acceptors (Lipinski definition) is 7. The lowest BCUT2D eigenvalue weighted by Gasteiger charge is -2.08. The van der Waals surface area contributed by atoms with Gasteiger partial charge in [0.15, 0.2) is 0 Å². The number of carbonyl (C=O) groups is 1. The summed E-state index contributed by atoms with van der Waals surface area (Å²) in [5.41, 5.74) is 0. The van der Waals surface area contributed by atoms with Crippen molar-refractivity contribution >= 4 is 5.97 Å². The Kier molecular flexibility index (Phi) is 34.6. The Hall–Kier alpha value is -0.730. The minimum atomic E-state index is -0.170. The van der Waals surface area contributed by atoms with Crippen LogP contribution in [-0.2, 0) is 33.2 Å². The summed E-state index contributed by atoms with van der Waals surface area (Å²) in [6.45, 7) is 10.2. The smallest absolute Gasteiger partial charge is 0.305 e. The molecule has 39 heavy (non-hydrogen) atoms. The number of unbranched alkanes of at least 4 members (excludes halogenated alkanes) is 15. The van der Waals surface area contributed by atoms with Crippen molar-refractivity contribution in [3.8, 4) is 0 Å². The molecule has 0 bridgehead atoms. The van der Waals surface area contributed by atoms with Crippen LogP contribution in [0.25, 0.3) is 0 Å². The highest BCUT2D eigenvalue weighted by molar-refractivity contribution is 5.69. The predicted octanol–water partition coefficient (Wildman–Crippen LogP) is 7.67. The summed E-state index contributed by atoms with van der Waals surface area (Å²) in [4.78, 5) is 11.2. The molecule has 0 fully saturated rings. The number of carbonyl (C=O) groups excluding carboxylic acids is 1. The molecule has 0 unspecified atom stereocenters. The van der Waals surface area contributed by atoms with E-state index in [1.165, 1.54) is 96.3 Å². The molecule has 0 saturated carbocycles. The summed E-state index contributed by atoms with van der Waals surface area (Å²) >= 11 is 0. The Labute approximate surface area is 241 Å². The maximum absolute atomic E-state index is 11.2. The van der Waals surface area contributed by atoms with Crippen LogP contribution in [0.1, 0.15) is 129 Å². The third-order valence-corrected chi connectivity index (χ3v) is 6.58. The quantitative estimate of drug-likeness (QED) is 0.0590. The van der Waals surface area contributed by atoms with Crippen molar-refractivity contribution in [3.05, 3.63) is 0 Å². The van der Waals surface area contributed by atoms with Crippen molar-refractivity contribution in [2.45, 2.75) is 129 Å². The Bertz CT molecular complexity index is 462. The molecule has 0 aromatic carbocycles. The van der Waals surface area contributed by atoms with E-state index in [1.54, 1.807) is 0 Å². The van der Waals surface area contributed by atoms with Gasteiger partial charge in [-0.3, -0.25) is 4.79 Å². The van der Waals surface area contributed by atoms with Crippen molar-refractivity contribution in [2.75, 3.05) is 72.7 Å². The fraction of sp³-hybridized carbons (Fsp3) is 0.969. The SMILES string of the molecule is CCCCCCCCCCCCCCCCCCOCCOCCOCCOCCOCCOC(=O)CCC. The van der Waals surface area contributed by atoms with Gasteiger partial charge in [0, 0.05) is 13.0 Å². The van der Waals surface area contributed by atoms with Gasteiger partial charge in [-0.05, 0) is 12.8 Å². The van der Waals surface area contributed by atoms with Crippen LogP contribution in [0.5, 0.6) is 0 Å². The Morgan fingerprint density at radius 3 is 1.03 bits per heavy atom. The first-order valence-electron chi connectivity index (χ1n) is 16.4. The first-order chi connectivity index (χ1) is 19.3. The van der Waals surface area contributed by atoms with Crippen LogP contribution in [0.2, 0.25) is 0 Å². The molecular formula is C32H64O7. The number of esters is 1. The number of ether oxygens (including phenoxy) is 6. The topological polar surface area (TPSA) is 72.5 Å². The molecule has 7 nitrogen and oxygen atoms in total. The zero-order chi connectivity index (χ0) is 28.3. The van der Waals surface area contributed by atoms with E-state index in [4.69, 9.17) is 28.4 Å². The lowest BCUT2D eigenvalue weighted by molar-refractivity contribution is -0.145. The Morgan fingerprint density at radius 1 is 0.359 bits per heavy atom. The summed E-state index contributed by atoms with van der Waals surface area (Å²) in [5.74, 6) is -0.170. The molecule has 0 radical (unpaired) electrons. The highest BCUT2D eigenvalue weighted by Crippen LogP contribution is 2.13. The van der Waals surface area contributed by atoms with Crippen molar-refractivity contribution < 1.29 is 33.2 Å². The van der Waals surface area contributed by atoms with Crippen LogP contribution in [0.4, 0.5) is 0 Å². The van der Waals surface area contributed by atoms with Crippen LogP contribution in [0, 0.1) is 0 Å². The lowest BCUT2D eigenvalue weighted by Crippen LogP contribution is -2.15. The lowest BCUT2D eigenvalue weighted by atomic mass is 10.0. The molecule has 0 aliphatic heterocycles. The van der Waals surface area contributed by atoms with E-state index in [2.05, 4.69) is 6.92 Å². The van der Waals surface area contributed by atoms with Crippen molar-refractivity contribution in [2.24, 2.45) is 0 Å². The van der Waals surface area contributed by atoms with Gasteiger partial charge in [-0.2, -0.15) is 0 Å². The molecule has 0 amide bonds. The predicted molar refractivity (Wildman–Crippen MR) is 160 cm³/mol. The zero-order valence-electron chi connectivity index (χ0n) is 25.9. The van der Waals surface area contributed by atoms with Crippen LogP contribution < -0.4 is 0 Å². The molecule has 0 aromatic rings. The van der Waals surface area contributed by atoms with Gasteiger partial charge in [0.1, 0.15) is 6.61 Å². The molecule has 0 saturated heterocycles. The standard InChI is InChI=1S/C32H64O7/c1-3-5-6-7-8-9-10-11-12-13-14-15-16-17-18-19-21-34-22-23-35-24-25-36-26-27-37-28-29-38-30-31-39-32(33)20-4-2/h3-31H2,1-2H3. The van der Waals surface area contributed by atoms with Gasteiger partial charge in [-0.15, -0.1) is 0 Å². The van der Waals surface area contributed by atoms with Gasteiger partial charge in [-0.1, -0.05) is 110 Å². The highest BCUT2D eigenvalue weighted by atomic mass is 16.6. The molecule has 0 aliphatic carbocycles. The second-order valence-corrected chi connectivity index (χ2v) is 10.3.